The summed E-state index contributed by atoms with van der Waals surface area (Å²) < 4.78 is 68.2. The van der Waals surface area contributed by atoms with Gasteiger partial charge in [-0.3, -0.25) is 9.78 Å². The summed E-state index contributed by atoms with van der Waals surface area (Å²) in [4.78, 5) is 29.9. The second kappa shape index (κ2) is 9.79. The van der Waals surface area contributed by atoms with Gasteiger partial charge in [-0.25, -0.2) is 15.0 Å². The van der Waals surface area contributed by atoms with E-state index < -0.39 is 53.9 Å². The van der Waals surface area contributed by atoms with Gasteiger partial charge in [0, 0.05) is 57.1 Å². The van der Waals surface area contributed by atoms with Crippen molar-refractivity contribution in [2.24, 2.45) is 0 Å². The predicted octanol–water partition coefficient (Wildman–Crippen LogP) is 5.65. The molecule has 5 rings (SSSR count). The number of aryl methyl sites for hydroxylation is 2. The number of carbonyl (C=O) groups excluding carboxylic acids is 1. The summed E-state index contributed by atoms with van der Waals surface area (Å²) in [6, 6.07) is 5.93. The molecule has 36 heavy (non-hydrogen) atoms. The van der Waals surface area contributed by atoms with Crippen molar-refractivity contribution in [2.75, 3.05) is 10.6 Å². The van der Waals surface area contributed by atoms with Crippen molar-refractivity contribution in [1.29, 1.82) is 0 Å². The highest BCUT2D eigenvalue weighted by atomic mass is 16.1. The monoisotopic (exact) mass is 483 g/mol. The number of amides is 1. The molecule has 0 saturated carbocycles. The molecule has 0 radical (unpaired) electrons. The van der Waals surface area contributed by atoms with Gasteiger partial charge in [-0.2, -0.15) is 0 Å². The Morgan fingerprint density at radius 1 is 1.14 bits per heavy atom. The Morgan fingerprint density at radius 3 is 2.83 bits per heavy atom. The molecule has 0 aliphatic carbocycles. The van der Waals surface area contributed by atoms with Crippen LogP contribution < -0.4 is 10.6 Å². The zero-order chi connectivity index (χ0) is 31.9. The van der Waals surface area contributed by atoms with Crippen LogP contribution in [0.2, 0.25) is 0 Å². The number of hydrogen-bond donors (Lipinski definition) is 2. The molecule has 5 aromatic rings. The fraction of sp³-hybridized carbons (Fsp3) is 0.107. The molecule has 0 saturated heterocycles. The lowest BCUT2D eigenvalue weighted by Crippen LogP contribution is -2.13. The van der Waals surface area contributed by atoms with E-state index in [1.165, 1.54) is 12.4 Å². The van der Waals surface area contributed by atoms with Crippen molar-refractivity contribution in [1.82, 2.24) is 24.5 Å². The van der Waals surface area contributed by atoms with Crippen LogP contribution in [0.15, 0.2) is 85.6 Å². The van der Waals surface area contributed by atoms with Gasteiger partial charge in [0.2, 0.25) is 5.95 Å². The molecule has 8 nitrogen and oxygen atoms in total. The number of hydrogen-bond acceptors (Lipinski definition) is 6. The average molecular weight is 484 g/mol. The third kappa shape index (κ3) is 5.12. The van der Waals surface area contributed by atoms with Crippen LogP contribution in [0, 0.1) is 20.7 Å². The van der Waals surface area contributed by atoms with Crippen molar-refractivity contribution in [3.63, 3.8) is 0 Å². The van der Waals surface area contributed by atoms with E-state index in [2.05, 4.69) is 30.6 Å². The first-order valence-electron chi connectivity index (χ1n) is 14.9. The second-order valence-corrected chi connectivity index (χ2v) is 7.93. The predicted molar refractivity (Wildman–Crippen MR) is 141 cm³/mol. The number of anilines is 3. The summed E-state index contributed by atoms with van der Waals surface area (Å²) in [5.41, 5.74) is 1.30. The van der Waals surface area contributed by atoms with Gasteiger partial charge in [0.1, 0.15) is 0 Å². The van der Waals surface area contributed by atoms with Crippen LogP contribution in [-0.4, -0.2) is 30.4 Å². The molecular weight excluding hydrogens is 450 g/mol. The Balaban J connectivity index is 1.60. The molecule has 3 aromatic heterocycles. The van der Waals surface area contributed by atoms with Gasteiger partial charge in [0.15, 0.2) is 0 Å². The van der Waals surface area contributed by atoms with E-state index in [1.54, 1.807) is 41.4 Å². The molecule has 1 amide bonds. The van der Waals surface area contributed by atoms with Crippen LogP contribution in [0.3, 0.4) is 0 Å². The third-order valence-corrected chi connectivity index (χ3v) is 5.09. The smallest absolute Gasteiger partial charge is 0.255 e. The van der Waals surface area contributed by atoms with Crippen LogP contribution >= 0.6 is 0 Å². The van der Waals surface area contributed by atoms with E-state index >= 15 is 0 Å². The molecule has 8 heteroatoms. The molecular formula is C28H25N7O. The highest BCUT2D eigenvalue weighted by Gasteiger charge is 2.12. The first-order valence-corrected chi connectivity index (χ1v) is 10.9. The lowest BCUT2D eigenvalue weighted by molar-refractivity contribution is 0.102. The second-order valence-electron chi connectivity index (χ2n) is 7.93. The Hall–Kier alpha value is -4.85. The fourth-order valence-electron chi connectivity index (χ4n) is 3.45. The average Bonchev–Trinajstić information content (AvgIpc) is 3.39. The van der Waals surface area contributed by atoms with E-state index in [4.69, 9.17) is 11.0 Å². The van der Waals surface area contributed by atoms with Crippen LogP contribution in [0.4, 0.5) is 17.3 Å². The summed E-state index contributed by atoms with van der Waals surface area (Å²) in [5, 5.41) is 5.27. The topological polar surface area (TPSA) is 97.6 Å². The number of benzene rings is 2. The third-order valence-electron chi connectivity index (χ3n) is 5.09. The number of nitrogens with one attached hydrogen (secondary N) is 2. The molecule has 0 aliphatic heterocycles. The lowest BCUT2D eigenvalue weighted by Gasteiger charge is -2.13. The van der Waals surface area contributed by atoms with Crippen molar-refractivity contribution >= 4 is 23.2 Å². The van der Waals surface area contributed by atoms with Crippen molar-refractivity contribution in [3.8, 4) is 16.9 Å². The number of imidazole rings is 1. The number of rotatable bonds is 6. The lowest BCUT2D eigenvalue weighted by atomic mass is 10.1. The summed E-state index contributed by atoms with van der Waals surface area (Å²) in [7, 11) is 0. The first-order chi connectivity index (χ1) is 20.7. The van der Waals surface area contributed by atoms with Crippen LogP contribution in [-0.2, 0) is 0 Å². The van der Waals surface area contributed by atoms with Gasteiger partial charge >= 0.3 is 0 Å². The van der Waals surface area contributed by atoms with E-state index in [0.29, 0.717) is 16.9 Å². The van der Waals surface area contributed by atoms with Gasteiger partial charge < -0.3 is 15.2 Å². The molecule has 0 unspecified atom stereocenters. The summed E-state index contributed by atoms with van der Waals surface area (Å²) in [5.74, 6) is -1.25. The van der Waals surface area contributed by atoms with Crippen molar-refractivity contribution in [3.05, 3.63) is 108 Å². The SMILES string of the molecule is [2H]c1nc(Nc2c([2H])c(C(=O)Nc3cc(C)cc(-n4cnc(C)c4)c3)c([2H])c([2H])c2C([2H])([2H])[2H])nc(-c2cccnc2)c1[2H]. The standard InChI is InChI=1S/C28H25N7O/c1-18-11-23(14-24(12-18)35-16-20(3)31-17-35)32-27(36)21-7-6-19(2)26(13-21)34-28-30-10-8-25(33-28)22-5-4-9-29-15-22/h4-17H,1-3H3,(H,32,36)(H,30,33,34)/i2D3,6D,7D,8D,10D,13D. The van der Waals surface area contributed by atoms with E-state index in [-0.39, 0.29) is 17.7 Å². The molecule has 0 atom stereocenters. The molecule has 178 valence electrons. The Bertz CT molecular complexity index is 1910. The molecule has 0 aliphatic rings. The highest BCUT2D eigenvalue weighted by molar-refractivity contribution is 6.05. The largest absolute Gasteiger partial charge is 0.324 e. The number of aromatic nitrogens is 5. The molecule has 2 N–H and O–H groups in total. The fourth-order valence-corrected chi connectivity index (χ4v) is 3.45. The quantitative estimate of drug-likeness (QED) is 0.324. The van der Waals surface area contributed by atoms with Gasteiger partial charge in [0.05, 0.1) is 24.6 Å². The maximum atomic E-state index is 13.6. The highest BCUT2D eigenvalue weighted by Crippen LogP contribution is 2.24. The zero-order valence-electron chi connectivity index (χ0n) is 27.3. The van der Waals surface area contributed by atoms with Gasteiger partial charge in [-0.15, -0.1) is 0 Å². The molecule has 2 aromatic carbocycles. The van der Waals surface area contributed by atoms with Crippen molar-refractivity contribution in [2.45, 2.75) is 20.7 Å². The molecule has 0 fully saturated rings. The van der Waals surface area contributed by atoms with Crippen LogP contribution in [0.1, 0.15) is 38.1 Å². The van der Waals surface area contributed by atoms with Gasteiger partial charge in [-0.1, -0.05) is 6.04 Å². The molecule has 0 spiro atoms. The minimum atomic E-state index is -2.97. The number of pyridine rings is 1. The first kappa shape index (κ1) is 15.2. The number of nitrogens with zero attached hydrogens (tertiary/aromatic N) is 5. The zero-order valence-corrected chi connectivity index (χ0v) is 19.3. The normalized spacial score (nSPS) is 14.3. The van der Waals surface area contributed by atoms with E-state index in [1.807, 2.05) is 19.9 Å². The maximum absolute atomic E-state index is 13.6. The van der Waals surface area contributed by atoms with E-state index in [0.717, 1.165) is 11.3 Å². The minimum absolute atomic E-state index is 0.0204. The van der Waals surface area contributed by atoms with Crippen molar-refractivity contribution < 1.29 is 15.8 Å². The Labute approximate surface area is 220 Å². The summed E-state index contributed by atoms with van der Waals surface area (Å²) in [6.07, 6.45) is 5.88. The Morgan fingerprint density at radius 2 is 2.06 bits per heavy atom. The summed E-state index contributed by atoms with van der Waals surface area (Å²) >= 11 is 0. The van der Waals surface area contributed by atoms with Crippen LogP contribution in [0.25, 0.3) is 16.9 Å². The molecule has 0 bridgehead atoms. The molecule has 3 heterocycles. The van der Waals surface area contributed by atoms with E-state index in [9.17, 15) is 4.79 Å². The maximum Gasteiger partial charge on any atom is 0.255 e. The van der Waals surface area contributed by atoms with Gasteiger partial charge in [0.25, 0.3) is 5.91 Å². The minimum Gasteiger partial charge on any atom is -0.324 e. The number of carbonyl (C=O) groups is 1. The van der Waals surface area contributed by atoms with Gasteiger partial charge in [-0.05, 0) is 80.3 Å². The summed E-state index contributed by atoms with van der Waals surface area (Å²) in [6.45, 7) is 0.691. The van der Waals surface area contributed by atoms with Crippen LogP contribution in [0.5, 0.6) is 0 Å². The Kier molecular flexibility index (Phi) is 4.14.